The maximum Gasteiger partial charge on any atom is 0.0635 e. The second-order valence-corrected chi connectivity index (χ2v) is 6.41. The van der Waals surface area contributed by atoms with Gasteiger partial charge in [0.25, 0.3) is 0 Å². The molecule has 3 nitrogen and oxygen atoms in total. The van der Waals surface area contributed by atoms with Crippen molar-refractivity contribution in [1.29, 1.82) is 0 Å². The average Bonchev–Trinajstić information content (AvgIpc) is 2.29. The van der Waals surface area contributed by atoms with Gasteiger partial charge in [-0.05, 0) is 49.9 Å². The Kier molecular flexibility index (Phi) is 5.90. The maximum absolute atomic E-state index is 5.63. The Morgan fingerprint density at radius 2 is 1.82 bits per heavy atom. The summed E-state index contributed by atoms with van der Waals surface area (Å²) in [7, 11) is 0. The van der Waals surface area contributed by atoms with Crippen molar-refractivity contribution in [3.05, 3.63) is 0 Å². The van der Waals surface area contributed by atoms with Gasteiger partial charge in [-0.3, -0.25) is 11.3 Å². The van der Waals surface area contributed by atoms with E-state index in [-0.39, 0.29) is 0 Å². The Morgan fingerprint density at radius 3 is 2.24 bits per heavy atom. The van der Waals surface area contributed by atoms with Crippen LogP contribution in [0.1, 0.15) is 53.4 Å². The number of hydrogen-bond donors (Lipinski definition) is 2. The minimum atomic E-state index is 0.330. The van der Waals surface area contributed by atoms with Crippen molar-refractivity contribution in [3.8, 4) is 0 Å². The van der Waals surface area contributed by atoms with Crippen molar-refractivity contribution >= 4 is 0 Å². The monoisotopic (exact) mass is 242 g/mol. The molecule has 1 atom stereocenters. The van der Waals surface area contributed by atoms with Crippen molar-refractivity contribution < 1.29 is 4.74 Å². The van der Waals surface area contributed by atoms with Gasteiger partial charge in [-0.25, -0.2) is 0 Å². The third-order valence-electron chi connectivity index (χ3n) is 4.28. The summed E-state index contributed by atoms with van der Waals surface area (Å²) in [5.41, 5.74) is 3.39. The number of nitrogens with two attached hydrogens (primary N) is 1. The molecule has 0 heterocycles. The molecule has 0 aromatic rings. The van der Waals surface area contributed by atoms with Crippen LogP contribution in [0.4, 0.5) is 0 Å². The maximum atomic E-state index is 5.63. The first kappa shape index (κ1) is 14.9. The van der Waals surface area contributed by atoms with Crippen molar-refractivity contribution in [2.24, 2.45) is 23.1 Å². The molecule has 0 aliphatic heterocycles. The van der Waals surface area contributed by atoms with Gasteiger partial charge in [0.15, 0.2) is 0 Å². The van der Waals surface area contributed by atoms with E-state index in [1.807, 2.05) is 6.92 Å². The van der Waals surface area contributed by atoms with Crippen molar-refractivity contribution in [2.45, 2.75) is 59.4 Å². The predicted molar refractivity (Wildman–Crippen MR) is 72.5 cm³/mol. The summed E-state index contributed by atoms with van der Waals surface area (Å²) < 4.78 is 5.49. The zero-order valence-electron chi connectivity index (χ0n) is 12.0. The van der Waals surface area contributed by atoms with E-state index < -0.39 is 0 Å². The fourth-order valence-electron chi connectivity index (χ4n) is 2.95. The molecule has 0 spiro atoms. The van der Waals surface area contributed by atoms with E-state index in [9.17, 15) is 0 Å². The first-order chi connectivity index (χ1) is 7.99. The lowest BCUT2D eigenvalue weighted by molar-refractivity contribution is 0.0737. The van der Waals surface area contributed by atoms with Crippen LogP contribution in [0.15, 0.2) is 0 Å². The molecular weight excluding hydrogens is 212 g/mol. The van der Waals surface area contributed by atoms with E-state index >= 15 is 0 Å². The summed E-state index contributed by atoms with van der Waals surface area (Å²) in [5, 5.41) is 0. The lowest BCUT2D eigenvalue weighted by atomic mass is 9.68. The standard InChI is InChI=1S/C14H30N2O/c1-5-17-10-13(16-15)11-6-8-12(9-7-11)14(2,3)4/h11-13,16H,5-10,15H2,1-4H3. The van der Waals surface area contributed by atoms with Crippen LogP contribution < -0.4 is 11.3 Å². The number of hydrazine groups is 1. The normalized spacial score (nSPS) is 28.1. The third-order valence-corrected chi connectivity index (χ3v) is 4.28. The van der Waals surface area contributed by atoms with Crippen LogP contribution in [0.25, 0.3) is 0 Å². The zero-order chi connectivity index (χ0) is 12.9. The van der Waals surface area contributed by atoms with E-state index in [2.05, 4.69) is 26.2 Å². The minimum Gasteiger partial charge on any atom is -0.380 e. The van der Waals surface area contributed by atoms with Gasteiger partial charge in [0.1, 0.15) is 0 Å². The van der Waals surface area contributed by atoms with Crippen LogP contribution in [0.3, 0.4) is 0 Å². The molecule has 1 fully saturated rings. The molecule has 1 aliphatic rings. The van der Waals surface area contributed by atoms with Crippen LogP contribution in [-0.2, 0) is 4.74 Å². The van der Waals surface area contributed by atoms with E-state index in [4.69, 9.17) is 10.6 Å². The van der Waals surface area contributed by atoms with E-state index in [0.29, 0.717) is 17.4 Å². The lowest BCUT2D eigenvalue weighted by Gasteiger charge is -2.39. The van der Waals surface area contributed by atoms with Gasteiger partial charge in [-0.2, -0.15) is 0 Å². The summed E-state index contributed by atoms with van der Waals surface area (Å²) in [6.07, 6.45) is 5.23. The smallest absolute Gasteiger partial charge is 0.0635 e. The molecule has 1 rings (SSSR count). The summed E-state index contributed by atoms with van der Waals surface area (Å²) >= 11 is 0. The van der Waals surface area contributed by atoms with Gasteiger partial charge in [0, 0.05) is 12.6 Å². The Balaban J connectivity index is 2.39. The molecule has 3 heteroatoms. The number of rotatable bonds is 5. The lowest BCUT2D eigenvalue weighted by Crippen LogP contribution is -2.45. The van der Waals surface area contributed by atoms with Crippen molar-refractivity contribution in [2.75, 3.05) is 13.2 Å². The van der Waals surface area contributed by atoms with Gasteiger partial charge < -0.3 is 4.74 Å². The fourth-order valence-corrected chi connectivity index (χ4v) is 2.95. The number of hydrogen-bond acceptors (Lipinski definition) is 3. The van der Waals surface area contributed by atoms with Gasteiger partial charge >= 0.3 is 0 Å². The molecule has 1 aliphatic carbocycles. The van der Waals surface area contributed by atoms with Crippen LogP contribution in [0, 0.1) is 17.3 Å². The summed E-state index contributed by atoms with van der Waals surface area (Å²) in [6.45, 7) is 10.6. The number of nitrogens with one attached hydrogen (secondary N) is 1. The first-order valence-corrected chi connectivity index (χ1v) is 7.03. The highest BCUT2D eigenvalue weighted by atomic mass is 16.5. The van der Waals surface area contributed by atoms with Crippen molar-refractivity contribution in [1.82, 2.24) is 5.43 Å². The SMILES string of the molecule is CCOCC(NN)C1CCC(C(C)(C)C)CC1. The highest BCUT2D eigenvalue weighted by Crippen LogP contribution is 2.40. The molecule has 0 amide bonds. The van der Waals surface area contributed by atoms with Crippen LogP contribution >= 0.6 is 0 Å². The zero-order valence-corrected chi connectivity index (χ0v) is 12.0. The third kappa shape index (κ3) is 4.57. The average molecular weight is 242 g/mol. The largest absolute Gasteiger partial charge is 0.380 e. The predicted octanol–water partition coefficient (Wildman–Crippen LogP) is 2.71. The summed E-state index contributed by atoms with van der Waals surface area (Å²) in [4.78, 5) is 0. The van der Waals surface area contributed by atoms with Gasteiger partial charge in [0.2, 0.25) is 0 Å². The second kappa shape index (κ2) is 6.72. The van der Waals surface area contributed by atoms with Gasteiger partial charge in [0.05, 0.1) is 6.61 Å². The van der Waals surface area contributed by atoms with E-state index in [1.165, 1.54) is 25.7 Å². The molecule has 3 N–H and O–H groups in total. The Hall–Kier alpha value is -0.120. The van der Waals surface area contributed by atoms with Crippen molar-refractivity contribution in [3.63, 3.8) is 0 Å². The minimum absolute atomic E-state index is 0.330. The number of ether oxygens (including phenoxy) is 1. The molecule has 1 saturated carbocycles. The Bertz CT molecular complexity index is 205. The Labute approximate surface area is 106 Å². The van der Waals surface area contributed by atoms with Gasteiger partial charge in [-0.1, -0.05) is 20.8 Å². The molecule has 0 aromatic heterocycles. The molecule has 1 unspecified atom stereocenters. The van der Waals surface area contributed by atoms with E-state index in [1.54, 1.807) is 0 Å². The molecule has 102 valence electrons. The van der Waals surface area contributed by atoms with Gasteiger partial charge in [-0.15, -0.1) is 0 Å². The summed E-state index contributed by atoms with van der Waals surface area (Å²) in [6, 6.07) is 0.330. The summed E-state index contributed by atoms with van der Waals surface area (Å²) in [5.74, 6) is 7.19. The molecule has 17 heavy (non-hydrogen) atoms. The molecule has 0 bridgehead atoms. The Morgan fingerprint density at radius 1 is 1.24 bits per heavy atom. The highest BCUT2D eigenvalue weighted by Gasteiger charge is 2.32. The van der Waals surface area contributed by atoms with E-state index in [0.717, 1.165) is 19.1 Å². The quantitative estimate of drug-likeness (QED) is 0.575. The van der Waals surface area contributed by atoms with Crippen LogP contribution in [0.5, 0.6) is 0 Å². The molecule has 0 radical (unpaired) electrons. The van der Waals surface area contributed by atoms with Crippen LogP contribution in [0.2, 0.25) is 0 Å². The molecular formula is C14H30N2O. The topological polar surface area (TPSA) is 47.3 Å². The molecule has 0 aromatic carbocycles. The first-order valence-electron chi connectivity index (χ1n) is 7.03. The van der Waals surface area contributed by atoms with Crippen LogP contribution in [-0.4, -0.2) is 19.3 Å². The highest BCUT2D eigenvalue weighted by molar-refractivity contribution is 4.85. The second-order valence-electron chi connectivity index (χ2n) is 6.41. The fraction of sp³-hybridized carbons (Fsp3) is 1.00. The molecule has 0 saturated heterocycles.